The van der Waals surface area contributed by atoms with Crippen LogP contribution in [0, 0.1) is 0 Å². The summed E-state index contributed by atoms with van der Waals surface area (Å²) in [5.41, 5.74) is 0. The molecule has 138 valence electrons. The third-order valence-corrected chi connectivity index (χ3v) is 3.27. The van der Waals surface area contributed by atoms with Gasteiger partial charge in [0.15, 0.2) is 5.78 Å². The Balaban J connectivity index is 3.82. The molecule has 0 spiro atoms. The van der Waals surface area contributed by atoms with Crippen LogP contribution in [0.2, 0.25) is 0 Å². The molecule has 25 heavy (non-hydrogen) atoms. The fourth-order valence-corrected chi connectivity index (χ4v) is 1.92. The summed E-state index contributed by atoms with van der Waals surface area (Å²) in [6, 6.07) is 0. The second-order valence-corrected chi connectivity index (χ2v) is 5.58. The number of carbonyl (C=O) groups excluding carboxylic acids is 2. The first-order valence-corrected chi connectivity index (χ1v) is 8.59. The summed E-state index contributed by atoms with van der Waals surface area (Å²) in [4.78, 5) is 32.0. The van der Waals surface area contributed by atoms with E-state index in [1.54, 1.807) is 30.4 Å². The van der Waals surface area contributed by atoms with E-state index in [9.17, 15) is 19.5 Å². The van der Waals surface area contributed by atoms with Gasteiger partial charge in [0.25, 0.3) is 0 Å². The molecule has 0 radical (unpaired) electrons. The van der Waals surface area contributed by atoms with Crippen molar-refractivity contribution in [1.29, 1.82) is 0 Å². The van der Waals surface area contributed by atoms with E-state index < -0.39 is 12.1 Å². The van der Waals surface area contributed by atoms with Crippen molar-refractivity contribution in [2.45, 2.75) is 57.5 Å². The number of unbranched alkanes of at least 4 members (excludes halogenated alkanes) is 3. The van der Waals surface area contributed by atoms with Gasteiger partial charge < -0.3 is 15.0 Å². The molecule has 5 nitrogen and oxygen atoms in total. The number of aliphatic hydroxyl groups is 1. The molecule has 0 rings (SSSR count). The monoisotopic (exact) mass is 348 g/mol. The molecule has 0 aromatic heterocycles. The molecule has 0 aliphatic heterocycles. The van der Waals surface area contributed by atoms with Crippen LogP contribution in [0.4, 0.5) is 0 Å². The maximum absolute atomic E-state index is 11.6. The first-order valence-electron chi connectivity index (χ1n) is 8.59. The molecule has 1 atom stereocenters. The highest BCUT2D eigenvalue weighted by atomic mass is 16.4. The van der Waals surface area contributed by atoms with Gasteiger partial charge in [-0.1, -0.05) is 42.5 Å². The van der Waals surface area contributed by atoms with Crippen LogP contribution in [0.1, 0.15) is 51.4 Å². The summed E-state index contributed by atoms with van der Waals surface area (Å²) in [7, 11) is 0. The van der Waals surface area contributed by atoms with E-state index >= 15 is 0 Å². The number of ketones is 1. The normalized spacial score (nSPS) is 13.3. The van der Waals surface area contributed by atoms with Gasteiger partial charge >= 0.3 is 5.97 Å². The highest BCUT2D eigenvalue weighted by Crippen LogP contribution is 2.02. The van der Waals surface area contributed by atoms with E-state index in [0.29, 0.717) is 25.7 Å². The minimum atomic E-state index is -0.862. The summed E-state index contributed by atoms with van der Waals surface area (Å²) < 4.78 is 0. The number of allylic oxidation sites excluding steroid dienone is 7. The molecular weight excluding hydrogens is 320 g/mol. The van der Waals surface area contributed by atoms with E-state index in [-0.39, 0.29) is 12.2 Å². The van der Waals surface area contributed by atoms with Gasteiger partial charge in [-0.3, -0.25) is 9.59 Å². The Hall–Kier alpha value is -2.27. The predicted molar refractivity (Wildman–Crippen MR) is 98.2 cm³/mol. The van der Waals surface area contributed by atoms with Crippen molar-refractivity contribution in [2.75, 3.05) is 0 Å². The largest absolute Gasteiger partial charge is 0.481 e. The Kier molecular flexibility index (Phi) is 15.1. The highest BCUT2D eigenvalue weighted by Gasteiger charge is 2.01. The summed E-state index contributed by atoms with van der Waals surface area (Å²) >= 11 is 0. The summed E-state index contributed by atoms with van der Waals surface area (Å²) in [5.74, 6) is -0.856. The topological polar surface area (TPSA) is 91.7 Å². The van der Waals surface area contributed by atoms with E-state index in [1.165, 1.54) is 6.08 Å². The molecule has 0 amide bonds. The van der Waals surface area contributed by atoms with Crippen LogP contribution in [0.5, 0.6) is 0 Å². The van der Waals surface area contributed by atoms with Gasteiger partial charge in [-0.15, -0.1) is 0 Å². The summed E-state index contributed by atoms with van der Waals surface area (Å²) in [6.07, 6.45) is 18.4. The number of aliphatic hydroxyl groups excluding tert-OH is 1. The molecule has 0 unspecified atom stereocenters. The van der Waals surface area contributed by atoms with Crippen LogP contribution in [-0.2, 0) is 14.4 Å². The van der Waals surface area contributed by atoms with Crippen molar-refractivity contribution >= 4 is 18.0 Å². The van der Waals surface area contributed by atoms with E-state index in [4.69, 9.17) is 5.11 Å². The lowest BCUT2D eigenvalue weighted by Gasteiger charge is -2.02. The van der Waals surface area contributed by atoms with Crippen molar-refractivity contribution in [3.8, 4) is 0 Å². The number of carboxylic acids is 1. The zero-order valence-electron chi connectivity index (χ0n) is 14.5. The zero-order valence-corrected chi connectivity index (χ0v) is 14.5. The smallest absolute Gasteiger partial charge is 0.303 e. The first-order chi connectivity index (χ1) is 12.1. The van der Waals surface area contributed by atoms with Crippen molar-refractivity contribution in [1.82, 2.24) is 0 Å². The highest BCUT2D eigenvalue weighted by molar-refractivity contribution is 5.90. The minimum Gasteiger partial charge on any atom is -0.481 e. The van der Waals surface area contributed by atoms with E-state index in [0.717, 1.165) is 25.5 Å². The van der Waals surface area contributed by atoms with Crippen LogP contribution in [0.3, 0.4) is 0 Å². The second-order valence-electron chi connectivity index (χ2n) is 5.58. The Bertz CT molecular complexity index is 500. The number of hydrogen-bond acceptors (Lipinski definition) is 4. The Labute approximate surface area is 149 Å². The maximum atomic E-state index is 11.6. The molecule has 0 bridgehead atoms. The molecule has 0 aliphatic carbocycles. The van der Waals surface area contributed by atoms with Crippen molar-refractivity contribution < 1.29 is 24.6 Å². The third-order valence-electron chi connectivity index (χ3n) is 3.27. The average Bonchev–Trinajstić information content (AvgIpc) is 2.56. The summed E-state index contributed by atoms with van der Waals surface area (Å²) in [6.45, 7) is 0. The standard InChI is InChI=1S/C20H28O5/c21-17-10-6-2-1-3-7-12-18(22)13-8-4-5-9-14-19(23)15-11-16-20(24)25/h3-5,7-9,13-14,17,19,23H,1-2,6,10-12,15-16H2,(H,24,25)/b5-4+,7-3-,13-8+,14-9-/t19-/m1/s1. The molecule has 0 aliphatic rings. The van der Waals surface area contributed by atoms with Crippen LogP contribution >= 0.6 is 0 Å². The van der Waals surface area contributed by atoms with Crippen LogP contribution in [0.25, 0.3) is 0 Å². The van der Waals surface area contributed by atoms with Gasteiger partial charge in [0.1, 0.15) is 6.29 Å². The number of carbonyl (C=O) groups is 3. The molecule has 0 fully saturated rings. The van der Waals surface area contributed by atoms with Crippen molar-refractivity contribution in [3.63, 3.8) is 0 Å². The predicted octanol–water partition coefficient (Wildman–Crippen LogP) is 3.55. The Morgan fingerprint density at radius 2 is 1.64 bits per heavy atom. The van der Waals surface area contributed by atoms with Gasteiger partial charge in [0.2, 0.25) is 0 Å². The number of carboxylic acid groups (broad SMARTS) is 1. The van der Waals surface area contributed by atoms with Gasteiger partial charge in [0, 0.05) is 19.3 Å². The van der Waals surface area contributed by atoms with Crippen LogP contribution in [0.15, 0.2) is 48.6 Å². The second kappa shape index (κ2) is 16.6. The fourth-order valence-electron chi connectivity index (χ4n) is 1.92. The number of hydrogen-bond donors (Lipinski definition) is 2. The summed E-state index contributed by atoms with van der Waals surface area (Å²) in [5, 5.41) is 18.1. The third kappa shape index (κ3) is 17.9. The average molecular weight is 348 g/mol. The Morgan fingerprint density at radius 1 is 0.920 bits per heavy atom. The fraction of sp³-hybridized carbons (Fsp3) is 0.450. The van der Waals surface area contributed by atoms with Crippen LogP contribution < -0.4 is 0 Å². The molecule has 2 N–H and O–H groups in total. The Morgan fingerprint density at radius 3 is 2.36 bits per heavy atom. The van der Waals surface area contributed by atoms with Crippen LogP contribution in [-0.4, -0.2) is 34.4 Å². The molecule has 5 heteroatoms. The number of aliphatic carboxylic acids is 1. The van der Waals surface area contributed by atoms with Gasteiger partial charge in [-0.05, 0) is 38.2 Å². The SMILES string of the molecule is O=CCCCC/C=C\CC(=O)/C=C/C=C/C=C\[C@@H](O)CCCC(=O)O. The molecule has 0 saturated carbocycles. The van der Waals surface area contributed by atoms with Gasteiger partial charge in [-0.25, -0.2) is 0 Å². The molecular formula is C20H28O5. The zero-order chi connectivity index (χ0) is 18.8. The lowest BCUT2D eigenvalue weighted by atomic mass is 10.1. The molecule has 0 saturated heterocycles. The van der Waals surface area contributed by atoms with Crippen molar-refractivity contribution in [3.05, 3.63) is 48.6 Å². The van der Waals surface area contributed by atoms with E-state index in [1.807, 2.05) is 12.2 Å². The first kappa shape index (κ1) is 22.7. The van der Waals surface area contributed by atoms with Gasteiger partial charge in [0.05, 0.1) is 6.10 Å². The number of rotatable bonds is 15. The quantitative estimate of drug-likeness (QED) is 0.155. The maximum Gasteiger partial charge on any atom is 0.303 e. The minimum absolute atomic E-state index is 0.00600. The lowest BCUT2D eigenvalue weighted by Crippen LogP contribution is -2.03. The molecule has 0 aromatic rings. The van der Waals surface area contributed by atoms with E-state index in [2.05, 4.69) is 0 Å². The lowest BCUT2D eigenvalue weighted by molar-refractivity contribution is -0.137. The molecule has 0 heterocycles. The molecule has 0 aromatic carbocycles. The number of aldehydes is 1. The van der Waals surface area contributed by atoms with Crippen molar-refractivity contribution in [2.24, 2.45) is 0 Å². The van der Waals surface area contributed by atoms with Gasteiger partial charge in [-0.2, -0.15) is 0 Å².